The highest BCUT2D eigenvalue weighted by Crippen LogP contribution is 2.04. The fourth-order valence-corrected chi connectivity index (χ4v) is 2.20. The number of hydrazone groups is 1. The number of thiocarbonyl (C=S) groups is 1. The van der Waals surface area contributed by atoms with E-state index in [1.54, 1.807) is 6.21 Å². The monoisotopic (exact) mass is 323 g/mol. The van der Waals surface area contributed by atoms with Gasteiger partial charge in [-0.25, -0.2) is 0 Å². The summed E-state index contributed by atoms with van der Waals surface area (Å²) in [5, 5.41) is 7.82. The minimum absolute atomic E-state index is 0.532. The lowest BCUT2D eigenvalue weighted by Crippen LogP contribution is -2.33. The normalized spacial score (nSPS) is 11.4. The minimum Gasteiger partial charge on any atom is -0.361 e. The number of hydrogen-bond acceptors (Lipinski definition) is 2. The Morgan fingerprint density at radius 2 is 1.70 bits per heavy atom. The first kappa shape index (κ1) is 16.9. The van der Waals surface area contributed by atoms with Crippen molar-refractivity contribution in [3.05, 3.63) is 77.4 Å². The van der Waals surface area contributed by atoms with Crippen LogP contribution >= 0.6 is 12.2 Å². The Morgan fingerprint density at radius 3 is 2.39 bits per heavy atom. The van der Waals surface area contributed by atoms with Crippen LogP contribution in [-0.2, 0) is 6.42 Å². The Morgan fingerprint density at radius 1 is 1.04 bits per heavy atom. The van der Waals surface area contributed by atoms with Gasteiger partial charge in [0.15, 0.2) is 5.11 Å². The molecule has 0 aliphatic heterocycles. The molecule has 0 fully saturated rings. The Hall–Kier alpha value is -2.46. The fourth-order valence-electron chi connectivity index (χ4n) is 2.05. The molecule has 0 spiro atoms. The number of benzene rings is 2. The molecule has 0 saturated carbocycles. The lowest BCUT2D eigenvalue weighted by Gasteiger charge is -2.06. The van der Waals surface area contributed by atoms with Gasteiger partial charge in [-0.2, -0.15) is 5.10 Å². The molecular formula is C19H21N3S. The molecule has 4 heteroatoms. The van der Waals surface area contributed by atoms with E-state index in [2.05, 4.69) is 46.2 Å². The topological polar surface area (TPSA) is 36.4 Å². The highest BCUT2D eigenvalue weighted by atomic mass is 32.1. The van der Waals surface area contributed by atoms with Crippen LogP contribution in [0.5, 0.6) is 0 Å². The Labute approximate surface area is 143 Å². The van der Waals surface area contributed by atoms with Crippen molar-refractivity contribution in [3.63, 3.8) is 0 Å². The lowest BCUT2D eigenvalue weighted by atomic mass is 10.1. The number of nitrogens with zero attached hydrogens (tertiary/aromatic N) is 1. The molecule has 0 atom stereocenters. The van der Waals surface area contributed by atoms with Gasteiger partial charge in [0.25, 0.3) is 0 Å². The predicted molar refractivity (Wildman–Crippen MR) is 102 cm³/mol. The molecular weight excluding hydrogens is 302 g/mol. The zero-order chi connectivity index (χ0) is 16.3. The molecule has 0 amide bonds. The van der Waals surface area contributed by atoms with E-state index >= 15 is 0 Å². The summed E-state index contributed by atoms with van der Waals surface area (Å²) in [6.45, 7) is 2.79. The van der Waals surface area contributed by atoms with Crippen LogP contribution in [0.3, 0.4) is 0 Å². The van der Waals surface area contributed by atoms with Crippen LogP contribution in [0.15, 0.2) is 71.3 Å². The third kappa shape index (κ3) is 6.89. The van der Waals surface area contributed by atoms with Gasteiger partial charge >= 0.3 is 0 Å². The highest BCUT2D eigenvalue weighted by Gasteiger charge is 1.94. The molecule has 0 aromatic heterocycles. The molecule has 2 rings (SSSR count). The summed E-state index contributed by atoms with van der Waals surface area (Å²) >= 11 is 5.20. The maximum atomic E-state index is 5.20. The van der Waals surface area contributed by atoms with Crippen molar-refractivity contribution in [1.82, 2.24) is 10.7 Å². The second kappa shape index (κ2) is 9.54. The van der Waals surface area contributed by atoms with Crippen LogP contribution in [0.2, 0.25) is 0 Å². The molecule has 0 unspecified atom stereocenters. The fraction of sp³-hybridized carbons (Fsp3) is 0.158. The average Bonchev–Trinajstić information content (AvgIpc) is 2.57. The predicted octanol–water partition coefficient (Wildman–Crippen LogP) is 3.78. The van der Waals surface area contributed by atoms with Crippen molar-refractivity contribution >= 4 is 29.6 Å². The van der Waals surface area contributed by atoms with Gasteiger partial charge < -0.3 is 5.32 Å². The molecule has 3 nitrogen and oxygen atoms in total. The van der Waals surface area contributed by atoms with Crippen LogP contribution in [0, 0.1) is 0 Å². The van der Waals surface area contributed by atoms with E-state index in [0.717, 1.165) is 24.1 Å². The molecule has 0 bridgehead atoms. The molecule has 0 aliphatic carbocycles. The van der Waals surface area contributed by atoms with Gasteiger partial charge in [-0.05, 0) is 42.3 Å². The molecule has 0 radical (unpaired) electrons. The van der Waals surface area contributed by atoms with E-state index in [1.807, 2.05) is 43.3 Å². The van der Waals surface area contributed by atoms with Gasteiger partial charge in [-0.1, -0.05) is 66.7 Å². The summed E-state index contributed by atoms with van der Waals surface area (Å²) in [6.07, 6.45) is 4.76. The number of allylic oxidation sites excluding steroid dienone is 1. The summed E-state index contributed by atoms with van der Waals surface area (Å²) in [5.41, 5.74) is 6.32. The van der Waals surface area contributed by atoms with Gasteiger partial charge in [0, 0.05) is 6.54 Å². The van der Waals surface area contributed by atoms with Crippen molar-refractivity contribution in [1.29, 1.82) is 0 Å². The van der Waals surface area contributed by atoms with Gasteiger partial charge in [0.05, 0.1) is 6.21 Å². The van der Waals surface area contributed by atoms with E-state index in [9.17, 15) is 0 Å². The van der Waals surface area contributed by atoms with Crippen molar-refractivity contribution in [2.75, 3.05) is 6.54 Å². The molecule has 0 saturated heterocycles. The Bertz CT molecular complexity index is 664. The van der Waals surface area contributed by atoms with E-state index in [-0.39, 0.29) is 0 Å². The Kier molecular flexibility index (Phi) is 7.01. The summed E-state index contributed by atoms with van der Waals surface area (Å²) < 4.78 is 0. The standard InChI is InChI=1S/C19H21N3S/c1-16(14-18-10-6-3-7-11-18)15-21-22-19(23)20-13-12-17-8-4-2-5-9-17/h2-11,14-15H,12-13H2,1H3,(H2,20,22,23)/b16-14+,21-15-. The van der Waals surface area contributed by atoms with Gasteiger partial charge in [0.1, 0.15) is 0 Å². The summed E-state index contributed by atoms with van der Waals surface area (Å²) in [4.78, 5) is 0. The zero-order valence-corrected chi connectivity index (χ0v) is 14.0. The molecule has 0 heterocycles. The summed E-state index contributed by atoms with van der Waals surface area (Å²) in [5.74, 6) is 0. The maximum Gasteiger partial charge on any atom is 0.186 e. The quantitative estimate of drug-likeness (QED) is 0.482. The third-order valence-corrected chi connectivity index (χ3v) is 3.41. The van der Waals surface area contributed by atoms with Crippen LogP contribution in [0.4, 0.5) is 0 Å². The van der Waals surface area contributed by atoms with Crippen LogP contribution in [0.25, 0.3) is 6.08 Å². The number of hydrogen-bond donors (Lipinski definition) is 2. The largest absolute Gasteiger partial charge is 0.361 e. The van der Waals surface area contributed by atoms with Crippen LogP contribution < -0.4 is 10.7 Å². The van der Waals surface area contributed by atoms with Gasteiger partial charge in [0.2, 0.25) is 0 Å². The van der Waals surface area contributed by atoms with Crippen LogP contribution in [-0.4, -0.2) is 17.9 Å². The minimum atomic E-state index is 0.532. The smallest absolute Gasteiger partial charge is 0.186 e. The van der Waals surface area contributed by atoms with Crippen LogP contribution in [0.1, 0.15) is 18.1 Å². The molecule has 2 aromatic rings. The third-order valence-electron chi connectivity index (χ3n) is 3.17. The van der Waals surface area contributed by atoms with E-state index in [0.29, 0.717) is 5.11 Å². The van der Waals surface area contributed by atoms with Crippen molar-refractivity contribution < 1.29 is 0 Å². The average molecular weight is 323 g/mol. The van der Waals surface area contributed by atoms with Crippen molar-refractivity contribution in [2.45, 2.75) is 13.3 Å². The van der Waals surface area contributed by atoms with Gasteiger partial charge in [-0.15, -0.1) is 0 Å². The zero-order valence-electron chi connectivity index (χ0n) is 13.2. The van der Waals surface area contributed by atoms with E-state index in [4.69, 9.17) is 12.2 Å². The molecule has 23 heavy (non-hydrogen) atoms. The van der Waals surface area contributed by atoms with E-state index < -0.39 is 0 Å². The molecule has 0 aliphatic rings. The maximum absolute atomic E-state index is 5.20. The molecule has 118 valence electrons. The first-order valence-corrected chi connectivity index (χ1v) is 7.99. The molecule has 2 N–H and O–H groups in total. The van der Waals surface area contributed by atoms with E-state index in [1.165, 1.54) is 5.56 Å². The summed E-state index contributed by atoms with van der Waals surface area (Å²) in [7, 11) is 0. The van der Waals surface area contributed by atoms with Crippen molar-refractivity contribution in [2.24, 2.45) is 5.10 Å². The summed E-state index contributed by atoms with van der Waals surface area (Å²) in [6, 6.07) is 20.4. The highest BCUT2D eigenvalue weighted by molar-refractivity contribution is 7.80. The first-order chi connectivity index (χ1) is 11.2. The number of rotatable bonds is 6. The lowest BCUT2D eigenvalue weighted by molar-refractivity contribution is 0.838. The van der Waals surface area contributed by atoms with Crippen molar-refractivity contribution in [3.8, 4) is 0 Å². The first-order valence-electron chi connectivity index (χ1n) is 7.58. The number of nitrogens with one attached hydrogen (secondary N) is 2. The Balaban J connectivity index is 1.70. The van der Waals surface area contributed by atoms with Gasteiger partial charge in [-0.3, -0.25) is 5.43 Å². The molecule has 2 aromatic carbocycles. The second-order valence-electron chi connectivity index (χ2n) is 5.16. The SMILES string of the molecule is CC(/C=N\NC(=S)NCCc1ccccc1)=C\c1ccccc1. The second-order valence-corrected chi connectivity index (χ2v) is 5.57.